The Hall–Kier alpha value is -0.420. The topological polar surface area (TPSA) is 35.5 Å². The van der Waals surface area contributed by atoms with Gasteiger partial charge in [0.1, 0.15) is 0 Å². The van der Waals surface area contributed by atoms with Crippen molar-refractivity contribution < 1.29 is 5.11 Å². The highest BCUT2D eigenvalue weighted by molar-refractivity contribution is 7.10. The fourth-order valence-electron chi connectivity index (χ4n) is 4.10. The van der Waals surface area contributed by atoms with E-state index in [1.165, 1.54) is 51.6 Å². The molecule has 1 aliphatic heterocycles. The largest absolute Gasteiger partial charge is 0.388 e. The zero-order valence-electron chi connectivity index (χ0n) is 13.7. The van der Waals surface area contributed by atoms with Gasteiger partial charge in [-0.3, -0.25) is 0 Å². The lowest BCUT2D eigenvalue weighted by Gasteiger charge is -2.37. The Morgan fingerprint density at radius 3 is 2.64 bits per heavy atom. The number of likely N-dealkylation sites (tertiary alicyclic amines) is 1. The lowest BCUT2D eigenvalue weighted by molar-refractivity contribution is 0.128. The van der Waals surface area contributed by atoms with Crippen LogP contribution in [0, 0.1) is 0 Å². The zero-order chi connectivity index (χ0) is 15.4. The number of rotatable bonds is 6. The standard InChI is InChI=1S/C18H30N2OS/c1-14(13-17(21)18-7-4-12-22-18)19-15-8-10-20(11-9-15)16-5-2-3-6-16/h4,7,12,14-17,19,21H,2-3,5-6,8-11,13H2,1H3. The van der Waals surface area contributed by atoms with Gasteiger partial charge in [-0.1, -0.05) is 18.9 Å². The van der Waals surface area contributed by atoms with Crippen LogP contribution in [0.3, 0.4) is 0 Å². The van der Waals surface area contributed by atoms with E-state index in [2.05, 4.69) is 17.1 Å². The minimum Gasteiger partial charge on any atom is -0.388 e. The normalized spacial score (nSPS) is 24.6. The van der Waals surface area contributed by atoms with E-state index in [4.69, 9.17) is 0 Å². The average Bonchev–Trinajstić information content (AvgIpc) is 3.21. The zero-order valence-corrected chi connectivity index (χ0v) is 14.5. The molecule has 2 heterocycles. The van der Waals surface area contributed by atoms with Crippen LogP contribution < -0.4 is 5.32 Å². The van der Waals surface area contributed by atoms with Crippen LogP contribution in [0.4, 0.5) is 0 Å². The Balaban J connectivity index is 1.38. The van der Waals surface area contributed by atoms with E-state index < -0.39 is 0 Å². The molecule has 4 heteroatoms. The molecule has 0 aromatic carbocycles. The lowest BCUT2D eigenvalue weighted by Crippen LogP contribution is -2.48. The molecule has 0 radical (unpaired) electrons. The van der Waals surface area contributed by atoms with Crippen LogP contribution in [-0.4, -0.2) is 41.2 Å². The summed E-state index contributed by atoms with van der Waals surface area (Å²) in [5.41, 5.74) is 0. The number of thiophene rings is 1. The van der Waals surface area contributed by atoms with Crippen molar-refractivity contribution in [2.24, 2.45) is 0 Å². The Labute approximate surface area is 138 Å². The molecule has 0 spiro atoms. The van der Waals surface area contributed by atoms with Crippen molar-refractivity contribution in [2.45, 2.75) is 76.1 Å². The monoisotopic (exact) mass is 322 g/mol. The lowest BCUT2D eigenvalue weighted by atomic mass is 10.0. The summed E-state index contributed by atoms with van der Waals surface area (Å²) in [5, 5.41) is 16.0. The number of hydrogen-bond acceptors (Lipinski definition) is 4. The minimum atomic E-state index is -0.318. The summed E-state index contributed by atoms with van der Waals surface area (Å²) >= 11 is 1.65. The second kappa shape index (κ2) is 7.91. The van der Waals surface area contributed by atoms with Crippen LogP contribution in [0.25, 0.3) is 0 Å². The van der Waals surface area contributed by atoms with Crippen molar-refractivity contribution in [3.63, 3.8) is 0 Å². The molecule has 1 saturated heterocycles. The van der Waals surface area contributed by atoms with E-state index in [9.17, 15) is 5.11 Å². The highest BCUT2D eigenvalue weighted by Crippen LogP contribution is 2.27. The molecular weight excluding hydrogens is 292 g/mol. The average molecular weight is 323 g/mol. The molecule has 2 unspecified atom stereocenters. The third kappa shape index (κ3) is 4.31. The van der Waals surface area contributed by atoms with E-state index in [1.807, 2.05) is 17.5 Å². The SMILES string of the molecule is CC(CC(O)c1cccs1)NC1CCN(C2CCCC2)CC1. The smallest absolute Gasteiger partial charge is 0.0896 e. The van der Waals surface area contributed by atoms with Crippen LogP contribution in [-0.2, 0) is 0 Å². The molecule has 2 N–H and O–H groups in total. The van der Waals surface area contributed by atoms with E-state index in [-0.39, 0.29) is 6.10 Å². The van der Waals surface area contributed by atoms with Gasteiger partial charge in [0.05, 0.1) is 6.10 Å². The Kier molecular flexibility index (Phi) is 5.91. The first kappa shape index (κ1) is 16.4. The summed E-state index contributed by atoms with van der Waals surface area (Å²) in [4.78, 5) is 3.81. The Morgan fingerprint density at radius 1 is 1.27 bits per heavy atom. The number of piperidine rings is 1. The van der Waals surface area contributed by atoms with E-state index >= 15 is 0 Å². The van der Waals surface area contributed by atoms with Crippen molar-refractivity contribution in [3.8, 4) is 0 Å². The van der Waals surface area contributed by atoms with Crippen LogP contribution in [0.1, 0.15) is 62.9 Å². The minimum absolute atomic E-state index is 0.318. The van der Waals surface area contributed by atoms with Gasteiger partial charge in [-0.25, -0.2) is 0 Å². The number of nitrogens with zero attached hydrogens (tertiary/aromatic N) is 1. The van der Waals surface area contributed by atoms with Crippen molar-refractivity contribution in [1.82, 2.24) is 10.2 Å². The fourth-order valence-corrected chi connectivity index (χ4v) is 4.83. The van der Waals surface area contributed by atoms with Gasteiger partial charge in [0.2, 0.25) is 0 Å². The molecule has 1 saturated carbocycles. The van der Waals surface area contributed by atoms with Crippen molar-refractivity contribution in [3.05, 3.63) is 22.4 Å². The molecule has 1 aromatic heterocycles. The van der Waals surface area contributed by atoms with Gasteiger partial charge in [0.25, 0.3) is 0 Å². The first-order valence-corrected chi connectivity index (χ1v) is 9.82. The first-order valence-electron chi connectivity index (χ1n) is 8.94. The molecule has 2 atom stereocenters. The summed E-state index contributed by atoms with van der Waals surface area (Å²) in [5.74, 6) is 0. The van der Waals surface area contributed by atoms with Gasteiger partial charge in [-0.05, 0) is 63.6 Å². The van der Waals surface area contributed by atoms with Crippen LogP contribution in [0.5, 0.6) is 0 Å². The van der Waals surface area contributed by atoms with E-state index in [0.29, 0.717) is 12.1 Å². The molecule has 0 bridgehead atoms. The number of hydrogen-bond donors (Lipinski definition) is 2. The summed E-state index contributed by atoms with van der Waals surface area (Å²) in [6.07, 6.45) is 8.71. The maximum Gasteiger partial charge on any atom is 0.0896 e. The maximum absolute atomic E-state index is 10.3. The molecular formula is C18H30N2OS. The van der Waals surface area contributed by atoms with E-state index in [1.54, 1.807) is 11.3 Å². The van der Waals surface area contributed by atoms with Gasteiger partial charge >= 0.3 is 0 Å². The second-order valence-electron chi connectivity index (χ2n) is 7.08. The van der Waals surface area contributed by atoms with Gasteiger partial charge < -0.3 is 15.3 Å². The Bertz CT molecular complexity index is 422. The number of nitrogens with one attached hydrogen (secondary N) is 1. The van der Waals surface area contributed by atoms with Gasteiger partial charge in [-0.15, -0.1) is 11.3 Å². The van der Waals surface area contributed by atoms with Crippen LogP contribution in [0.2, 0.25) is 0 Å². The quantitative estimate of drug-likeness (QED) is 0.840. The van der Waals surface area contributed by atoms with Crippen LogP contribution in [0.15, 0.2) is 17.5 Å². The summed E-state index contributed by atoms with van der Waals surface area (Å²) in [6.45, 7) is 4.71. The summed E-state index contributed by atoms with van der Waals surface area (Å²) in [7, 11) is 0. The van der Waals surface area contributed by atoms with Crippen LogP contribution >= 0.6 is 11.3 Å². The van der Waals surface area contributed by atoms with Gasteiger partial charge in [0.15, 0.2) is 0 Å². The molecule has 1 aliphatic carbocycles. The number of aliphatic hydroxyl groups excluding tert-OH is 1. The molecule has 1 aromatic rings. The molecule has 0 amide bonds. The second-order valence-corrected chi connectivity index (χ2v) is 8.06. The van der Waals surface area contributed by atoms with Crippen molar-refractivity contribution >= 4 is 11.3 Å². The Morgan fingerprint density at radius 2 is 2.00 bits per heavy atom. The van der Waals surface area contributed by atoms with Gasteiger partial charge in [0, 0.05) is 23.0 Å². The summed E-state index contributed by atoms with van der Waals surface area (Å²) < 4.78 is 0. The van der Waals surface area contributed by atoms with Crippen molar-refractivity contribution in [2.75, 3.05) is 13.1 Å². The predicted octanol–water partition coefficient (Wildman–Crippen LogP) is 3.56. The molecule has 3 rings (SSSR count). The molecule has 124 valence electrons. The molecule has 2 fully saturated rings. The van der Waals surface area contributed by atoms with Crippen molar-refractivity contribution in [1.29, 1.82) is 0 Å². The summed E-state index contributed by atoms with van der Waals surface area (Å²) in [6, 6.07) is 5.92. The molecule has 3 nitrogen and oxygen atoms in total. The van der Waals surface area contributed by atoms with Gasteiger partial charge in [-0.2, -0.15) is 0 Å². The molecule has 22 heavy (non-hydrogen) atoms. The fraction of sp³-hybridized carbons (Fsp3) is 0.778. The highest BCUT2D eigenvalue weighted by atomic mass is 32.1. The van der Waals surface area contributed by atoms with E-state index in [0.717, 1.165) is 17.3 Å². The number of aliphatic hydroxyl groups is 1. The third-order valence-corrected chi connectivity index (χ3v) is 6.31. The third-order valence-electron chi connectivity index (χ3n) is 5.34. The molecule has 2 aliphatic rings. The maximum atomic E-state index is 10.3. The first-order chi connectivity index (χ1) is 10.7. The highest BCUT2D eigenvalue weighted by Gasteiger charge is 2.27. The predicted molar refractivity (Wildman–Crippen MR) is 93.3 cm³/mol.